The van der Waals surface area contributed by atoms with Crippen LogP contribution in [0.4, 0.5) is 5.69 Å². The first kappa shape index (κ1) is 15.4. The van der Waals surface area contributed by atoms with Crippen molar-refractivity contribution in [1.29, 1.82) is 5.26 Å². The molecule has 1 aromatic carbocycles. The molecular weight excluding hydrogens is 292 g/mol. The molecule has 1 aromatic heterocycles. The van der Waals surface area contributed by atoms with Gasteiger partial charge in [0, 0.05) is 29.8 Å². The Morgan fingerprint density at radius 2 is 2.09 bits per heavy atom. The van der Waals surface area contributed by atoms with Crippen LogP contribution in [-0.4, -0.2) is 22.8 Å². The summed E-state index contributed by atoms with van der Waals surface area (Å²) in [7, 11) is 0. The summed E-state index contributed by atoms with van der Waals surface area (Å²) in [5.74, 6) is 0.0908. The monoisotopic (exact) mass is 312 g/mol. The number of nitrogens with zero attached hydrogens (tertiary/aromatic N) is 2. The zero-order valence-corrected chi connectivity index (χ0v) is 12.9. The van der Waals surface area contributed by atoms with Crippen LogP contribution in [0.5, 0.6) is 5.75 Å². The van der Waals surface area contributed by atoms with Gasteiger partial charge in [0.1, 0.15) is 5.75 Å². The molecule has 120 valence electrons. The van der Waals surface area contributed by atoms with Gasteiger partial charge >= 0.3 is 0 Å². The van der Waals surface area contributed by atoms with Crippen molar-refractivity contribution in [3.8, 4) is 11.8 Å². The number of nitriles is 1. The number of benzene rings is 1. The Balaban J connectivity index is 1.98. The third-order valence-corrected chi connectivity index (χ3v) is 4.74. The summed E-state index contributed by atoms with van der Waals surface area (Å²) in [6.45, 7) is 2.09. The molecule has 2 aromatic rings. The normalized spacial score (nSPS) is 17.0. The van der Waals surface area contributed by atoms with Crippen molar-refractivity contribution in [2.24, 2.45) is 5.41 Å². The predicted molar refractivity (Wildman–Crippen MR) is 89.1 cm³/mol. The Kier molecular flexibility index (Phi) is 3.97. The smallest absolute Gasteiger partial charge is 0.253 e. The van der Waals surface area contributed by atoms with Gasteiger partial charge in [-0.3, -0.25) is 4.79 Å². The number of nitrogens with two attached hydrogens (primary N) is 1. The maximum Gasteiger partial charge on any atom is 0.253 e. The third kappa shape index (κ3) is 2.88. The topological polar surface area (TPSA) is 104 Å². The van der Waals surface area contributed by atoms with E-state index in [1.165, 1.54) is 6.07 Å². The number of aryl methyl sites for hydroxylation is 1. The van der Waals surface area contributed by atoms with E-state index in [1.807, 2.05) is 0 Å². The first-order valence-corrected chi connectivity index (χ1v) is 7.79. The minimum absolute atomic E-state index is 0.0908. The number of phenolic OH excluding ortho intramolecular Hbond substituents is 1. The van der Waals surface area contributed by atoms with Gasteiger partial charge in [-0.2, -0.15) is 5.26 Å². The average molecular weight is 312 g/mol. The highest BCUT2D eigenvalue weighted by Gasteiger charge is 2.31. The Morgan fingerprint density at radius 3 is 2.78 bits per heavy atom. The number of nitrogens with one attached hydrogen (secondary N) is 1. The second-order valence-corrected chi connectivity index (χ2v) is 6.18. The molecule has 1 aliphatic heterocycles. The highest BCUT2D eigenvalue weighted by atomic mass is 16.3. The van der Waals surface area contributed by atoms with E-state index in [0.29, 0.717) is 24.2 Å². The highest BCUT2D eigenvalue weighted by molar-refractivity contribution is 5.91. The third-order valence-electron chi connectivity index (χ3n) is 4.74. The molecule has 1 saturated heterocycles. The predicted octanol–water partition coefficient (Wildman–Crippen LogP) is 1.57. The molecule has 3 rings (SSSR count). The first-order chi connectivity index (χ1) is 11.0. The minimum atomic E-state index is -0.394. The lowest BCUT2D eigenvalue weighted by Crippen LogP contribution is -2.37. The number of phenols is 1. The van der Waals surface area contributed by atoms with Crippen molar-refractivity contribution in [2.45, 2.75) is 25.8 Å². The number of anilines is 1. The fourth-order valence-electron chi connectivity index (χ4n) is 3.27. The zero-order chi connectivity index (χ0) is 16.4. The van der Waals surface area contributed by atoms with Gasteiger partial charge in [0.2, 0.25) is 0 Å². The highest BCUT2D eigenvalue weighted by Crippen LogP contribution is 2.33. The van der Waals surface area contributed by atoms with Gasteiger partial charge in [-0.15, -0.1) is 0 Å². The summed E-state index contributed by atoms with van der Waals surface area (Å²) in [6, 6.07) is 8.66. The van der Waals surface area contributed by atoms with Gasteiger partial charge in [-0.1, -0.05) is 0 Å². The molecule has 1 fully saturated rings. The van der Waals surface area contributed by atoms with Gasteiger partial charge in [-0.05, 0) is 44.5 Å². The van der Waals surface area contributed by atoms with Crippen LogP contribution < -0.4 is 16.6 Å². The molecule has 0 bridgehead atoms. The van der Waals surface area contributed by atoms with Gasteiger partial charge in [0.05, 0.1) is 17.0 Å². The van der Waals surface area contributed by atoms with E-state index in [0.717, 1.165) is 31.3 Å². The molecule has 6 heteroatoms. The Labute approximate surface area is 134 Å². The number of hydrogen-bond acceptors (Lipinski definition) is 5. The molecule has 0 amide bonds. The van der Waals surface area contributed by atoms with Gasteiger partial charge in [-0.25, -0.2) is 0 Å². The van der Waals surface area contributed by atoms with Crippen LogP contribution in [-0.2, 0) is 6.54 Å². The molecular formula is C17H20N4O2. The summed E-state index contributed by atoms with van der Waals surface area (Å²) in [4.78, 5) is 12.3. The van der Waals surface area contributed by atoms with Crippen molar-refractivity contribution < 1.29 is 5.11 Å². The fraction of sp³-hybridized carbons (Fsp3) is 0.412. The number of aromatic nitrogens is 1. The molecule has 0 aliphatic carbocycles. The number of hydrogen-bond donors (Lipinski definition) is 3. The van der Waals surface area contributed by atoms with E-state index in [2.05, 4.69) is 11.4 Å². The molecule has 0 spiro atoms. The second-order valence-electron chi connectivity index (χ2n) is 6.18. The summed E-state index contributed by atoms with van der Waals surface area (Å²) < 4.78 is 1.60. The Morgan fingerprint density at radius 1 is 1.35 bits per heavy atom. The van der Waals surface area contributed by atoms with Gasteiger partial charge in [0.25, 0.3) is 5.56 Å². The minimum Gasteiger partial charge on any atom is -0.508 e. The van der Waals surface area contributed by atoms with Crippen LogP contribution in [0.1, 0.15) is 19.3 Å². The number of aromatic hydroxyl groups is 1. The van der Waals surface area contributed by atoms with E-state index in [-0.39, 0.29) is 11.3 Å². The summed E-state index contributed by atoms with van der Waals surface area (Å²) in [6.07, 6.45) is 2.19. The number of pyridine rings is 1. The average Bonchev–Trinajstić information content (AvgIpc) is 2.55. The number of piperidine rings is 1. The maximum absolute atomic E-state index is 12.3. The molecule has 0 atom stereocenters. The SMILES string of the molecule is N#CC1(CCn2c(=O)cc(N)c3ccc(O)cc32)CCNCC1. The van der Waals surface area contributed by atoms with Crippen LogP contribution in [0.3, 0.4) is 0 Å². The van der Waals surface area contributed by atoms with E-state index in [4.69, 9.17) is 5.73 Å². The Bertz CT molecular complexity index is 829. The van der Waals surface area contributed by atoms with E-state index in [1.54, 1.807) is 22.8 Å². The lowest BCUT2D eigenvalue weighted by atomic mass is 9.77. The van der Waals surface area contributed by atoms with Crippen LogP contribution in [0.2, 0.25) is 0 Å². The van der Waals surface area contributed by atoms with Crippen LogP contribution in [0.15, 0.2) is 29.1 Å². The molecule has 4 N–H and O–H groups in total. The van der Waals surface area contributed by atoms with Crippen molar-refractivity contribution >= 4 is 16.6 Å². The number of nitrogen functional groups attached to an aromatic ring is 1. The van der Waals surface area contributed by atoms with Crippen LogP contribution in [0.25, 0.3) is 10.9 Å². The van der Waals surface area contributed by atoms with E-state index >= 15 is 0 Å². The van der Waals surface area contributed by atoms with Crippen molar-refractivity contribution in [2.75, 3.05) is 18.8 Å². The molecule has 0 saturated carbocycles. The lowest BCUT2D eigenvalue weighted by molar-refractivity contribution is 0.250. The van der Waals surface area contributed by atoms with Crippen molar-refractivity contribution in [1.82, 2.24) is 9.88 Å². The maximum atomic E-state index is 12.3. The van der Waals surface area contributed by atoms with Gasteiger partial charge < -0.3 is 20.7 Å². The summed E-state index contributed by atoms with van der Waals surface area (Å²) >= 11 is 0. The summed E-state index contributed by atoms with van der Waals surface area (Å²) in [5, 5.41) is 23.3. The number of fused-ring (bicyclic) bond motifs is 1. The second kappa shape index (κ2) is 5.94. The number of rotatable bonds is 3. The van der Waals surface area contributed by atoms with Crippen molar-refractivity contribution in [3.05, 3.63) is 34.6 Å². The molecule has 0 radical (unpaired) electrons. The molecule has 0 unspecified atom stereocenters. The molecule has 23 heavy (non-hydrogen) atoms. The fourth-order valence-corrected chi connectivity index (χ4v) is 3.27. The Hall–Kier alpha value is -2.52. The lowest BCUT2D eigenvalue weighted by Gasteiger charge is -2.31. The van der Waals surface area contributed by atoms with E-state index < -0.39 is 5.41 Å². The van der Waals surface area contributed by atoms with E-state index in [9.17, 15) is 15.2 Å². The molecule has 6 nitrogen and oxygen atoms in total. The molecule has 1 aliphatic rings. The quantitative estimate of drug-likeness (QED) is 0.798. The van der Waals surface area contributed by atoms with Gasteiger partial charge in [0.15, 0.2) is 0 Å². The van der Waals surface area contributed by atoms with Crippen molar-refractivity contribution in [3.63, 3.8) is 0 Å². The largest absolute Gasteiger partial charge is 0.508 e. The standard InChI is InChI=1S/C17H20N4O2/c18-11-17(3-6-20-7-4-17)5-8-21-15-9-12(22)1-2-13(15)14(19)10-16(21)23/h1-2,9-10,20,22H,3-8,19H2. The first-order valence-electron chi connectivity index (χ1n) is 7.79. The zero-order valence-electron chi connectivity index (χ0n) is 12.9. The molecule has 2 heterocycles. The summed E-state index contributed by atoms with van der Waals surface area (Å²) in [5.41, 5.74) is 6.32. The van der Waals surface area contributed by atoms with Crippen LogP contribution in [0, 0.1) is 16.7 Å². The van der Waals surface area contributed by atoms with Crippen LogP contribution >= 0.6 is 0 Å².